The lowest BCUT2D eigenvalue weighted by molar-refractivity contribution is 0.102. The highest BCUT2D eigenvalue weighted by atomic mass is 16.1. The standard InChI is InChI=1S/C16H14N4O/c21-16(15-7-10-18-20-15)19-14-3-1-12(2-4-14)11-13-5-8-17-9-6-13/h1-10H,11H2,(H,18,20)(H,19,21). The van der Waals surface area contributed by atoms with Crippen molar-refractivity contribution >= 4 is 11.6 Å². The molecule has 0 saturated carbocycles. The first kappa shape index (κ1) is 13.1. The fourth-order valence-electron chi connectivity index (χ4n) is 2.02. The van der Waals surface area contributed by atoms with E-state index in [4.69, 9.17) is 0 Å². The number of nitrogens with one attached hydrogen (secondary N) is 2. The van der Waals surface area contributed by atoms with Crippen LogP contribution in [-0.2, 0) is 6.42 Å². The smallest absolute Gasteiger partial charge is 0.273 e. The fourth-order valence-corrected chi connectivity index (χ4v) is 2.02. The number of aromatic nitrogens is 3. The summed E-state index contributed by atoms with van der Waals surface area (Å²) in [6.07, 6.45) is 5.96. The van der Waals surface area contributed by atoms with E-state index in [9.17, 15) is 4.79 Å². The molecule has 5 heteroatoms. The van der Waals surface area contributed by atoms with E-state index < -0.39 is 0 Å². The van der Waals surface area contributed by atoms with Crippen LogP contribution in [0.2, 0.25) is 0 Å². The van der Waals surface area contributed by atoms with Crippen LogP contribution in [0.25, 0.3) is 0 Å². The second-order valence-electron chi connectivity index (χ2n) is 4.65. The molecule has 0 atom stereocenters. The van der Waals surface area contributed by atoms with Crippen LogP contribution in [0.4, 0.5) is 5.69 Å². The van der Waals surface area contributed by atoms with Gasteiger partial charge in [-0.2, -0.15) is 5.10 Å². The van der Waals surface area contributed by atoms with Gasteiger partial charge in [-0.05, 0) is 47.9 Å². The Balaban J connectivity index is 1.65. The molecule has 5 nitrogen and oxygen atoms in total. The molecular formula is C16H14N4O. The Morgan fingerprint density at radius 2 is 1.67 bits per heavy atom. The Morgan fingerprint density at radius 1 is 0.952 bits per heavy atom. The van der Waals surface area contributed by atoms with Gasteiger partial charge in [0.15, 0.2) is 0 Å². The van der Waals surface area contributed by atoms with Gasteiger partial charge in [0, 0.05) is 24.3 Å². The summed E-state index contributed by atoms with van der Waals surface area (Å²) in [7, 11) is 0. The lowest BCUT2D eigenvalue weighted by Gasteiger charge is -2.06. The predicted octanol–water partition coefficient (Wildman–Crippen LogP) is 2.65. The van der Waals surface area contributed by atoms with Crippen molar-refractivity contribution in [2.45, 2.75) is 6.42 Å². The van der Waals surface area contributed by atoms with E-state index in [0.717, 1.165) is 12.1 Å². The van der Waals surface area contributed by atoms with Gasteiger partial charge < -0.3 is 5.32 Å². The average molecular weight is 278 g/mol. The van der Waals surface area contributed by atoms with Gasteiger partial charge in [-0.1, -0.05) is 12.1 Å². The van der Waals surface area contributed by atoms with Crippen LogP contribution in [0, 0.1) is 0 Å². The van der Waals surface area contributed by atoms with Crippen molar-refractivity contribution in [1.29, 1.82) is 0 Å². The zero-order valence-electron chi connectivity index (χ0n) is 11.3. The Labute approximate surface area is 122 Å². The third kappa shape index (κ3) is 3.33. The van der Waals surface area contributed by atoms with E-state index >= 15 is 0 Å². The van der Waals surface area contributed by atoms with Crippen LogP contribution in [0.3, 0.4) is 0 Å². The van der Waals surface area contributed by atoms with Crippen LogP contribution in [0.5, 0.6) is 0 Å². The van der Waals surface area contributed by atoms with Crippen molar-refractivity contribution in [3.8, 4) is 0 Å². The molecule has 0 spiro atoms. The molecule has 1 amide bonds. The number of hydrogen-bond acceptors (Lipinski definition) is 3. The summed E-state index contributed by atoms with van der Waals surface area (Å²) in [6, 6.07) is 13.4. The molecule has 3 rings (SSSR count). The minimum Gasteiger partial charge on any atom is -0.321 e. The number of carbonyl (C=O) groups is 1. The van der Waals surface area contributed by atoms with Crippen LogP contribution >= 0.6 is 0 Å². The van der Waals surface area contributed by atoms with Crippen molar-refractivity contribution in [3.05, 3.63) is 77.9 Å². The number of carbonyl (C=O) groups excluding carboxylic acids is 1. The number of nitrogens with zero attached hydrogens (tertiary/aromatic N) is 2. The van der Waals surface area contributed by atoms with E-state index in [0.29, 0.717) is 5.69 Å². The Morgan fingerprint density at radius 3 is 2.33 bits per heavy atom. The molecule has 2 aromatic heterocycles. The molecule has 0 bridgehead atoms. The van der Waals surface area contributed by atoms with E-state index in [-0.39, 0.29) is 5.91 Å². The third-order valence-corrected chi connectivity index (χ3v) is 3.11. The molecule has 21 heavy (non-hydrogen) atoms. The molecule has 0 aliphatic carbocycles. The summed E-state index contributed by atoms with van der Waals surface area (Å²) < 4.78 is 0. The molecule has 0 radical (unpaired) electrons. The summed E-state index contributed by atoms with van der Waals surface area (Å²) >= 11 is 0. The molecule has 3 aromatic rings. The Hall–Kier alpha value is -2.95. The zero-order chi connectivity index (χ0) is 14.5. The highest BCUT2D eigenvalue weighted by Gasteiger charge is 2.06. The van der Waals surface area contributed by atoms with Crippen molar-refractivity contribution in [2.24, 2.45) is 0 Å². The number of anilines is 1. The minimum absolute atomic E-state index is 0.200. The number of pyridine rings is 1. The quantitative estimate of drug-likeness (QED) is 0.770. The first-order valence-electron chi connectivity index (χ1n) is 6.60. The maximum absolute atomic E-state index is 11.9. The average Bonchev–Trinajstić information content (AvgIpc) is 3.05. The van der Waals surface area contributed by atoms with E-state index in [1.165, 1.54) is 11.1 Å². The third-order valence-electron chi connectivity index (χ3n) is 3.11. The highest BCUT2D eigenvalue weighted by Crippen LogP contribution is 2.14. The Bertz CT molecular complexity index is 706. The van der Waals surface area contributed by atoms with Crippen LogP contribution in [-0.4, -0.2) is 21.1 Å². The SMILES string of the molecule is O=C(Nc1ccc(Cc2ccncc2)cc1)c1ccn[nH]1. The minimum atomic E-state index is -0.200. The van der Waals surface area contributed by atoms with Gasteiger partial charge in [0.25, 0.3) is 5.91 Å². The van der Waals surface area contributed by atoms with Gasteiger partial charge in [0.1, 0.15) is 5.69 Å². The summed E-state index contributed by atoms with van der Waals surface area (Å²) in [6.45, 7) is 0. The molecule has 104 valence electrons. The van der Waals surface area contributed by atoms with Gasteiger partial charge in [-0.25, -0.2) is 0 Å². The van der Waals surface area contributed by atoms with Gasteiger partial charge in [0.05, 0.1) is 0 Å². The van der Waals surface area contributed by atoms with Gasteiger partial charge in [-0.3, -0.25) is 14.9 Å². The topological polar surface area (TPSA) is 70.7 Å². The predicted molar refractivity (Wildman–Crippen MR) is 80.0 cm³/mol. The maximum atomic E-state index is 11.9. The van der Waals surface area contributed by atoms with Crippen LogP contribution in [0.15, 0.2) is 61.1 Å². The van der Waals surface area contributed by atoms with E-state index in [2.05, 4.69) is 20.5 Å². The van der Waals surface area contributed by atoms with E-state index in [1.54, 1.807) is 24.7 Å². The fraction of sp³-hybridized carbons (Fsp3) is 0.0625. The number of H-pyrrole nitrogens is 1. The lowest BCUT2D eigenvalue weighted by Crippen LogP contribution is -2.12. The Kier molecular flexibility index (Phi) is 3.73. The largest absolute Gasteiger partial charge is 0.321 e. The molecule has 0 fully saturated rings. The van der Waals surface area contributed by atoms with Crippen LogP contribution < -0.4 is 5.32 Å². The number of aromatic amines is 1. The normalized spacial score (nSPS) is 10.3. The molecule has 0 saturated heterocycles. The summed E-state index contributed by atoms with van der Waals surface area (Å²) in [5, 5.41) is 9.20. The first-order chi connectivity index (χ1) is 10.3. The van der Waals surface area contributed by atoms with Gasteiger partial charge in [0.2, 0.25) is 0 Å². The van der Waals surface area contributed by atoms with Crippen molar-refractivity contribution in [2.75, 3.05) is 5.32 Å². The van der Waals surface area contributed by atoms with Crippen molar-refractivity contribution in [3.63, 3.8) is 0 Å². The van der Waals surface area contributed by atoms with E-state index in [1.807, 2.05) is 36.4 Å². The molecule has 1 aromatic carbocycles. The first-order valence-corrected chi connectivity index (χ1v) is 6.60. The van der Waals surface area contributed by atoms with Gasteiger partial charge in [-0.15, -0.1) is 0 Å². The number of benzene rings is 1. The molecule has 2 N–H and O–H groups in total. The number of rotatable bonds is 4. The molecule has 0 aliphatic rings. The second-order valence-corrected chi connectivity index (χ2v) is 4.65. The maximum Gasteiger partial charge on any atom is 0.273 e. The summed E-state index contributed by atoms with van der Waals surface area (Å²) in [4.78, 5) is 15.9. The lowest BCUT2D eigenvalue weighted by atomic mass is 10.1. The number of hydrogen-bond donors (Lipinski definition) is 2. The molecular weight excluding hydrogens is 264 g/mol. The summed E-state index contributed by atoms with van der Waals surface area (Å²) in [5.41, 5.74) is 3.59. The van der Waals surface area contributed by atoms with Crippen molar-refractivity contribution < 1.29 is 4.79 Å². The monoisotopic (exact) mass is 278 g/mol. The van der Waals surface area contributed by atoms with Crippen molar-refractivity contribution in [1.82, 2.24) is 15.2 Å². The molecule has 2 heterocycles. The second kappa shape index (κ2) is 6.00. The summed E-state index contributed by atoms with van der Waals surface area (Å²) in [5.74, 6) is -0.200. The highest BCUT2D eigenvalue weighted by molar-refractivity contribution is 6.02. The molecule has 0 unspecified atom stereocenters. The number of amides is 1. The van der Waals surface area contributed by atoms with Crippen LogP contribution in [0.1, 0.15) is 21.6 Å². The molecule has 0 aliphatic heterocycles. The van der Waals surface area contributed by atoms with Gasteiger partial charge >= 0.3 is 0 Å². The zero-order valence-corrected chi connectivity index (χ0v) is 11.3.